The van der Waals surface area contributed by atoms with Gasteiger partial charge < -0.3 is 9.84 Å². The minimum Gasteiger partial charge on any atom is -0.497 e. The van der Waals surface area contributed by atoms with Gasteiger partial charge in [0.2, 0.25) is 0 Å². The maximum atomic E-state index is 10.9. The molecule has 16 heavy (non-hydrogen) atoms. The Hall–Kier alpha value is -1.62. The minimum absolute atomic E-state index is 0.140. The lowest BCUT2D eigenvalue weighted by atomic mass is 10.1. The standard InChI is InChI=1S/C11H8BrNO3/c1-16-7-2-3-9-6(4-7)5-8(11(14)15)10(12)13-9/h2-5H,1H3,(H,14,15). The van der Waals surface area contributed by atoms with Gasteiger partial charge in [-0.3, -0.25) is 0 Å². The number of fused-ring (bicyclic) bond motifs is 1. The number of methoxy groups -OCH3 is 1. The Balaban J connectivity index is 2.70. The van der Waals surface area contributed by atoms with Gasteiger partial charge in [0, 0.05) is 5.39 Å². The number of hydrogen-bond acceptors (Lipinski definition) is 3. The third kappa shape index (κ3) is 1.86. The Morgan fingerprint density at radius 2 is 2.19 bits per heavy atom. The monoisotopic (exact) mass is 281 g/mol. The van der Waals surface area contributed by atoms with Gasteiger partial charge in [-0.2, -0.15) is 0 Å². The lowest BCUT2D eigenvalue weighted by molar-refractivity contribution is 0.0695. The van der Waals surface area contributed by atoms with E-state index >= 15 is 0 Å². The zero-order chi connectivity index (χ0) is 11.7. The van der Waals surface area contributed by atoms with Crippen LogP contribution in [-0.4, -0.2) is 23.2 Å². The van der Waals surface area contributed by atoms with E-state index in [1.165, 1.54) is 0 Å². The van der Waals surface area contributed by atoms with Crippen molar-refractivity contribution in [3.63, 3.8) is 0 Å². The maximum Gasteiger partial charge on any atom is 0.338 e. The van der Waals surface area contributed by atoms with Gasteiger partial charge in [0.25, 0.3) is 0 Å². The first-order chi connectivity index (χ1) is 7.61. The van der Waals surface area contributed by atoms with Crippen LogP contribution in [0, 0.1) is 0 Å². The van der Waals surface area contributed by atoms with Gasteiger partial charge in [0.1, 0.15) is 10.4 Å². The number of carbonyl (C=O) groups is 1. The number of pyridine rings is 1. The predicted molar refractivity (Wildman–Crippen MR) is 63.0 cm³/mol. The lowest BCUT2D eigenvalue weighted by Gasteiger charge is -2.04. The van der Waals surface area contributed by atoms with Crippen molar-refractivity contribution < 1.29 is 14.6 Å². The van der Waals surface area contributed by atoms with Crippen LogP contribution in [0.15, 0.2) is 28.9 Å². The summed E-state index contributed by atoms with van der Waals surface area (Å²) in [6.07, 6.45) is 0. The Morgan fingerprint density at radius 3 is 2.81 bits per heavy atom. The minimum atomic E-state index is -1.01. The second kappa shape index (κ2) is 4.09. The first kappa shape index (κ1) is 10.9. The first-order valence-electron chi connectivity index (χ1n) is 4.49. The van der Waals surface area contributed by atoms with Crippen molar-refractivity contribution in [1.29, 1.82) is 0 Å². The molecule has 0 aliphatic heterocycles. The molecule has 82 valence electrons. The molecular weight excluding hydrogens is 274 g/mol. The van der Waals surface area contributed by atoms with E-state index in [0.717, 1.165) is 10.9 Å². The van der Waals surface area contributed by atoms with E-state index in [1.54, 1.807) is 31.4 Å². The molecule has 1 aromatic heterocycles. The molecule has 0 bridgehead atoms. The molecule has 0 atom stereocenters. The molecule has 0 unspecified atom stereocenters. The maximum absolute atomic E-state index is 10.9. The van der Waals surface area contributed by atoms with Crippen LogP contribution in [0.25, 0.3) is 10.9 Å². The highest BCUT2D eigenvalue weighted by Gasteiger charge is 2.11. The van der Waals surface area contributed by atoms with E-state index in [1.807, 2.05) is 0 Å². The van der Waals surface area contributed by atoms with Crippen molar-refractivity contribution in [1.82, 2.24) is 4.98 Å². The van der Waals surface area contributed by atoms with Crippen molar-refractivity contribution in [2.24, 2.45) is 0 Å². The van der Waals surface area contributed by atoms with Crippen LogP contribution in [-0.2, 0) is 0 Å². The second-order valence-electron chi connectivity index (χ2n) is 3.19. The van der Waals surface area contributed by atoms with Gasteiger partial charge in [-0.1, -0.05) is 0 Å². The van der Waals surface area contributed by atoms with E-state index < -0.39 is 5.97 Å². The summed E-state index contributed by atoms with van der Waals surface area (Å²) in [5.41, 5.74) is 0.860. The third-order valence-electron chi connectivity index (χ3n) is 2.21. The quantitative estimate of drug-likeness (QED) is 0.860. The number of benzene rings is 1. The summed E-state index contributed by atoms with van der Waals surface area (Å²) < 4.78 is 5.40. The molecule has 2 rings (SSSR count). The fraction of sp³-hybridized carbons (Fsp3) is 0.0909. The number of hydrogen-bond donors (Lipinski definition) is 1. The highest BCUT2D eigenvalue weighted by molar-refractivity contribution is 9.10. The molecule has 0 radical (unpaired) electrons. The van der Waals surface area contributed by atoms with Gasteiger partial charge in [-0.05, 0) is 40.2 Å². The summed E-state index contributed by atoms with van der Waals surface area (Å²) in [5, 5.41) is 9.69. The number of carboxylic acids is 1. The van der Waals surface area contributed by atoms with E-state index in [2.05, 4.69) is 20.9 Å². The average molecular weight is 282 g/mol. The second-order valence-corrected chi connectivity index (χ2v) is 3.94. The van der Waals surface area contributed by atoms with Crippen molar-refractivity contribution in [3.8, 4) is 5.75 Å². The van der Waals surface area contributed by atoms with Crippen molar-refractivity contribution in [3.05, 3.63) is 34.4 Å². The number of rotatable bonds is 2. The van der Waals surface area contributed by atoms with Gasteiger partial charge >= 0.3 is 5.97 Å². The predicted octanol–water partition coefficient (Wildman–Crippen LogP) is 2.70. The van der Waals surface area contributed by atoms with Gasteiger partial charge in [-0.15, -0.1) is 0 Å². The number of ether oxygens (including phenoxy) is 1. The number of halogens is 1. The molecule has 0 aliphatic rings. The summed E-state index contributed by atoms with van der Waals surface area (Å²) >= 11 is 3.13. The smallest absolute Gasteiger partial charge is 0.338 e. The van der Waals surface area contributed by atoms with E-state index in [9.17, 15) is 4.79 Å². The molecule has 0 aliphatic carbocycles. The summed E-state index contributed by atoms with van der Waals surface area (Å²) in [4.78, 5) is 15.1. The van der Waals surface area contributed by atoms with Crippen LogP contribution in [0.3, 0.4) is 0 Å². The van der Waals surface area contributed by atoms with E-state index in [0.29, 0.717) is 10.4 Å². The van der Waals surface area contributed by atoms with Crippen LogP contribution in [0.1, 0.15) is 10.4 Å². The van der Waals surface area contributed by atoms with Crippen LogP contribution in [0.4, 0.5) is 0 Å². The van der Waals surface area contributed by atoms with Crippen molar-refractivity contribution >= 4 is 32.8 Å². The Morgan fingerprint density at radius 1 is 1.44 bits per heavy atom. The molecule has 0 saturated heterocycles. The highest BCUT2D eigenvalue weighted by Crippen LogP contribution is 2.24. The largest absolute Gasteiger partial charge is 0.497 e. The lowest BCUT2D eigenvalue weighted by Crippen LogP contribution is -1.99. The molecule has 2 aromatic rings. The topological polar surface area (TPSA) is 59.4 Å². The molecule has 1 N–H and O–H groups in total. The van der Waals surface area contributed by atoms with Crippen molar-refractivity contribution in [2.75, 3.05) is 7.11 Å². The molecule has 5 heteroatoms. The van der Waals surface area contributed by atoms with E-state index in [-0.39, 0.29) is 5.56 Å². The number of aromatic nitrogens is 1. The molecule has 0 saturated carbocycles. The van der Waals surface area contributed by atoms with Gasteiger partial charge in [0.05, 0.1) is 18.2 Å². The van der Waals surface area contributed by atoms with Crippen molar-refractivity contribution in [2.45, 2.75) is 0 Å². The zero-order valence-electron chi connectivity index (χ0n) is 8.40. The van der Waals surface area contributed by atoms with Crippen LogP contribution < -0.4 is 4.74 Å². The van der Waals surface area contributed by atoms with Crippen LogP contribution >= 0.6 is 15.9 Å². The summed E-state index contributed by atoms with van der Waals surface area (Å²) in [6, 6.07) is 6.88. The Labute approximate surface area is 100.0 Å². The summed E-state index contributed by atoms with van der Waals surface area (Å²) in [6.45, 7) is 0. The normalized spacial score (nSPS) is 10.4. The highest BCUT2D eigenvalue weighted by atomic mass is 79.9. The van der Waals surface area contributed by atoms with Crippen LogP contribution in [0.2, 0.25) is 0 Å². The first-order valence-corrected chi connectivity index (χ1v) is 5.28. The van der Waals surface area contributed by atoms with Gasteiger partial charge in [-0.25, -0.2) is 9.78 Å². The third-order valence-corrected chi connectivity index (χ3v) is 2.81. The number of nitrogens with zero attached hydrogens (tertiary/aromatic N) is 1. The molecule has 0 amide bonds. The number of carboxylic acid groups (broad SMARTS) is 1. The number of aromatic carboxylic acids is 1. The summed E-state index contributed by atoms with van der Waals surface area (Å²) in [5.74, 6) is -0.336. The average Bonchev–Trinajstić information content (AvgIpc) is 2.27. The molecule has 4 nitrogen and oxygen atoms in total. The van der Waals surface area contributed by atoms with Gasteiger partial charge in [0.15, 0.2) is 0 Å². The molecular formula is C11H8BrNO3. The Kier molecular flexibility index (Phi) is 2.78. The zero-order valence-corrected chi connectivity index (χ0v) is 9.98. The fourth-order valence-corrected chi connectivity index (χ4v) is 1.88. The molecule has 1 aromatic carbocycles. The summed E-state index contributed by atoms with van der Waals surface area (Å²) in [7, 11) is 1.56. The SMILES string of the molecule is COc1ccc2nc(Br)c(C(=O)O)cc2c1. The van der Waals surface area contributed by atoms with Crippen LogP contribution in [0.5, 0.6) is 5.75 Å². The van der Waals surface area contributed by atoms with E-state index in [4.69, 9.17) is 9.84 Å². The fourth-order valence-electron chi connectivity index (χ4n) is 1.41. The molecule has 0 spiro atoms. The Bertz CT molecular complexity index is 568. The molecule has 1 heterocycles. The molecule has 0 fully saturated rings.